The van der Waals surface area contributed by atoms with Crippen LogP contribution in [0.5, 0.6) is 0 Å². The Morgan fingerprint density at radius 1 is 0.275 bits per heavy atom. The molecule has 51 heavy (non-hydrogen) atoms. The molecule has 0 amide bonds. The van der Waals surface area contributed by atoms with Crippen LogP contribution in [0.15, 0.2) is 182 Å². The standard InChI is InChI=1S/C45H30N6/c1-4-16-31(17-5-1)43-40(46-37-22-10-13-25-49(37)43)34-28-35(41-44(32-18-6-2-7-19-32)50-26-14-11-23-38(50)47-41)30-36(29-34)42-45(33-20-8-3-9-21-33)51-27-15-12-24-39(51)48-42/h1-30H. The topological polar surface area (TPSA) is 51.9 Å². The lowest BCUT2D eigenvalue weighted by molar-refractivity contribution is 1.19. The number of imidazole rings is 3. The van der Waals surface area contributed by atoms with Crippen molar-refractivity contribution in [1.29, 1.82) is 0 Å². The molecule has 0 aliphatic heterocycles. The molecule has 6 heterocycles. The predicted octanol–water partition coefficient (Wildman–Crippen LogP) is 10.6. The molecule has 0 bridgehead atoms. The second kappa shape index (κ2) is 11.8. The Kier molecular flexibility index (Phi) is 6.70. The van der Waals surface area contributed by atoms with Gasteiger partial charge in [0.2, 0.25) is 0 Å². The van der Waals surface area contributed by atoms with Crippen molar-refractivity contribution in [2.45, 2.75) is 0 Å². The van der Waals surface area contributed by atoms with E-state index >= 15 is 0 Å². The number of aromatic nitrogens is 6. The molecule has 0 fully saturated rings. The number of pyridine rings is 3. The first-order valence-corrected chi connectivity index (χ1v) is 17.0. The molecule has 0 atom stereocenters. The summed E-state index contributed by atoms with van der Waals surface area (Å²) in [5.41, 5.74) is 14.7. The van der Waals surface area contributed by atoms with Crippen molar-refractivity contribution < 1.29 is 0 Å². The van der Waals surface area contributed by atoms with Gasteiger partial charge in [0, 0.05) is 52.0 Å². The number of benzene rings is 4. The summed E-state index contributed by atoms with van der Waals surface area (Å²) in [5, 5.41) is 0. The molecular formula is C45H30N6. The van der Waals surface area contributed by atoms with E-state index in [1.54, 1.807) is 0 Å². The molecule has 0 N–H and O–H groups in total. The lowest BCUT2D eigenvalue weighted by Gasteiger charge is -2.12. The van der Waals surface area contributed by atoms with Gasteiger partial charge < -0.3 is 0 Å². The monoisotopic (exact) mass is 654 g/mol. The summed E-state index contributed by atoms with van der Waals surface area (Å²) in [6.07, 6.45) is 6.26. The summed E-state index contributed by atoms with van der Waals surface area (Å²) in [7, 11) is 0. The molecule has 0 aliphatic carbocycles. The Morgan fingerprint density at radius 2 is 0.549 bits per heavy atom. The van der Waals surface area contributed by atoms with Crippen molar-refractivity contribution in [2.75, 3.05) is 0 Å². The minimum atomic E-state index is 0.883. The molecule has 0 saturated heterocycles. The van der Waals surface area contributed by atoms with Crippen LogP contribution in [-0.4, -0.2) is 28.2 Å². The molecule has 6 heteroatoms. The van der Waals surface area contributed by atoms with Gasteiger partial charge in [0.1, 0.15) is 16.9 Å². The van der Waals surface area contributed by atoms with Gasteiger partial charge in [-0.15, -0.1) is 0 Å². The molecule has 4 aromatic carbocycles. The van der Waals surface area contributed by atoms with Gasteiger partial charge >= 0.3 is 0 Å². The fraction of sp³-hybridized carbons (Fsp3) is 0. The van der Waals surface area contributed by atoms with Gasteiger partial charge in [-0.1, -0.05) is 109 Å². The Bertz CT molecular complexity index is 2520. The van der Waals surface area contributed by atoms with Gasteiger partial charge in [-0.05, 0) is 54.6 Å². The molecular weight excluding hydrogens is 625 g/mol. The highest BCUT2D eigenvalue weighted by atomic mass is 15.0. The highest BCUT2D eigenvalue weighted by molar-refractivity contribution is 5.92. The largest absolute Gasteiger partial charge is 0.299 e. The number of fused-ring (bicyclic) bond motifs is 3. The SMILES string of the molecule is c1ccc(-c2c(-c3cc(-c4nc5ccccn5c4-c4ccccc4)cc(-c4nc5ccccn5c4-c4ccccc4)c3)nc3ccccn23)cc1. The molecule has 10 rings (SSSR count). The number of hydrogen-bond donors (Lipinski definition) is 0. The summed E-state index contributed by atoms with van der Waals surface area (Å²) in [4.78, 5) is 15.9. The van der Waals surface area contributed by atoms with Gasteiger partial charge in [0.15, 0.2) is 0 Å². The van der Waals surface area contributed by atoms with Crippen LogP contribution in [0.4, 0.5) is 0 Å². The maximum absolute atomic E-state index is 5.29. The molecule has 240 valence electrons. The number of hydrogen-bond acceptors (Lipinski definition) is 3. The predicted molar refractivity (Wildman–Crippen MR) is 205 cm³/mol. The molecule has 6 aromatic heterocycles. The van der Waals surface area contributed by atoms with Gasteiger partial charge in [-0.3, -0.25) is 13.2 Å². The summed E-state index contributed by atoms with van der Waals surface area (Å²) < 4.78 is 6.53. The highest BCUT2D eigenvalue weighted by Gasteiger charge is 2.23. The molecule has 0 unspecified atom stereocenters. The Labute approximate surface area is 294 Å². The first-order chi connectivity index (χ1) is 25.3. The van der Waals surface area contributed by atoms with Crippen molar-refractivity contribution in [3.05, 3.63) is 182 Å². The third-order valence-corrected chi connectivity index (χ3v) is 9.48. The lowest BCUT2D eigenvalue weighted by Crippen LogP contribution is -1.93. The maximum atomic E-state index is 5.29. The Hall–Kier alpha value is -7.05. The molecule has 6 nitrogen and oxygen atoms in total. The van der Waals surface area contributed by atoms with Crippen LogP contribution in [0.3, 0.4) is 0 Å². The smallest absolute Gasteiger partial charge is 0.137 e. The summed E-state index contributed by atoms with van der Waals surface area (Å²) in [5.74, 6) is 0. The molecule has 10 aromatic rings. The third kappa shape index (κ3) is 4.84. The van der Waals surface area contributed by atoms with Crippen molar-refractivity contribution in [3.63, 3.8) is 0 Å². The van der Waals surface area contributed by atoms with E-state index in [0.29, 0.717) is 0 Å². The van der Waals surface area contributed by atoms with Crippen molar-refractivity contribution in [1.82, 2.24) is 28.2 Å². The van der Waals surface area contributed by atoms with Crippen LogP contribution in [0.25, 0.3) is 84.5 Å². The van der Waals surface area contributed by atoms with Gasteiger partial charge in [0.25, 0.3) is 0 Å². The normalized spacial score (nSPS) is 11.5. The lowest BCUT2D eigenvalue weighted by atomic mass is 9.94. The Balaban J connectivity index is 1.31. The van der Waals surface area contributed by atoms with Crippen LogP contribution in [0, 0.1) is 0 Å². The van der Waals surface area contributed by atoms with Crippen LogP contribution in [0.1, 0.15) is 0 Å². The van der Waals surface area contributed by atoms with Crippen molar-refractivity contribution in [2.24, 2.45) is 0 Å². The van der Waals surface area contributed by atoms with Crippen LogP contribution in [0.2, 0.25) is 0 Å². The summed E-state index contributed by atoms with van der Waals surface area (Å²) in [6, 6.07) is 56.7. The first kappa shape index (κ1) is 28.9. The Morgan fingerprint density at radius 3 is 0.843 bits per heavy atom. The van der Waals surface area contributed by atoms with E-state index in [1.807, 2.05) is 36.4 Å². The second-order valence-corrected chi connectivity index (χ2v) is 12.6. The quantitative estimate of drug-likeness (QED) is 0.179. The van der Waals surface area contributed by atoms with Gasteiger partial charge in [-0.2, -0.15) is 0 Å². The van der Waals surface area contributed by atoms with E-state index in [1.165, 1.54) is 0 Å². The van der Waals surface area contributed by atoms with Crippen LogP contribution in [-0.2, 0) is 0 Å². The van der Waals surface area contributed by atoms with Gasteiger partial charge in [0.05, 0.1) is 34.2 Å². The molecule has 0 radical (unpaired) electrons. The van der Waals surface area contributed by atoms with Crippen molar-refractivity contribution in [3.8, 4) is 67.5 Å². The zero-order valence-corrected chi connectivity index (χ0v) is 27.5. The molecule has 0 spiro atoms. The minimum Gasteiger partial charge on any atom is -0.299 e. The second-order valence-electron chi connectivity index (χ2n) is 12.6. The number of nitrogens with zero attached hydrogens (tertiary/aromatic N) is 6. The third-order valence-electron chi connectivity index (χ3n) is 9.48. The average molecular weight is 655 g/mol. The number of rotatable bonds is 6. The van der Waals surface area contributed by atoms with Gasteiger partial charge in [-0.25, -0.2) is 15.0 Å². The van der Waals surface area contributed by atoms with E-state index < -0.39 is 0 Å². The maximum Gasteiger partial charge on any atom is 0.137 e. The van der Waals surface area contributed by atoms with E-state index in [9.17, 15) is 0 Å². The van der Waals surface area contributed by atoms with E-state index in [2.05, 4.69) is 159 Å². The van der Waals surface area contributed by atoms with E-state index in [4.69, 9.17) is 15.0 Å². The van der Waals surface area contributed by atoms with E-state index in [-0.39, 0.29) is 0 Å². The molecule has 0 aliphatic rings. The average Bonchev–Trinajstić information content (AvgIpc) is 3.91. The fourth-order valence-electron chi connectivity index (χ4n) is 7.24. The fourth-order valence-corrected chi connectivity index (χ4v) is 7.24. The van der Waals surface area contributed by atoms with Crippen LogP contribution >= 0.6 is 0 Å². The molecule has 0 saturated carbocycles. The van der Waals surface area contributed by atoms with E-state index in [0.717, 1.165) is 84.5 Å². The minimum absolute atomic E-state index is 0.883. The van der Waals surface area contributed by atoms with Crippen LogP contribution < -0.4 is 0 Å². The highest BCUT2D eigenvalue weighted by Crippen LogP contribution is 2.42. The van der Waals surface area contributed by atoms with Crippen molar-refractivity contribution >= 4 is 16.9 Å². The zero-order chi connectivity index (χ0) is 33.7. The first-order valence-electron chi connectivity index (χ1n) is 17.0. The zero-order valence-electron chi connectivity index (χ0n) is 27.5. The summed E-state index contributed by atoms with van der Waals surface area (Å²) >= 11 is 0. The summed E-state index contributed by atoms with van der Waals surface area (Å²) in [6.45, 7) is 0.